The standard InChI is InChI=1S/C25H19ClFN5OS/c1-14-11-17(15(2)31(14)20-9-7-19(27)8-10-20)13-21-23(28)32-25(29-24(21)33)34-22(30-32)12-16-3-5-18(26)6-4-16/h3-11,13,28H,12H2,1-2H3. The number of aryl methyl sites for hydroxylation is 1. The highest BCUT2D eigenvalue weighted by molar-refractivity contribution is 8.26. The molecule has 6 nitrogen and oxygen atoms in total. The van der Waals surface area contributed by atoms with Crippen LogP contribution in [0.1, 0.15) is 22.5 Å². The van der Waals surface area contributed by atoms with Crippen LogP contribution in [0.15, 0.2) is 70.3 Å². The molecule has 1 aromatic heterocycles. The average Bonchev–Trinajstić information content (AvgIpc) is 3.33. The number of fused-ring (bicyclic) bond motifs is 1. The molecule has 0 atom stereocenters. The Balaban J connectivity index is 1.44. The summed E-state index contributed by atoms with van der Waals surface area (Å²) in [7, 11) is 0. The van der Waals surface area contributed by atoms with Crippen LogP contribution in [-0.2, 0) is 11.2 Å². The van der Waals surface area contributed by atoms with Crippen molar-refractivity contribution in [3.63, 3.8) is 0 Å². The van der Waals surface area contributed by atoms with Crippen LogP contribution in [0.3, 0.4) is 0 Å². The van der Waals surface area contributed by atoms with Crippen molar-refractivity contribution in [3.8, 4) is 5.69 Å². The normalized spacial score (nSPS) is 16.7. The third-order valence-corrected chi connectivity index (χ3v) is 6.78. The minimum absolute atomic E-state index is 0.0137. The van der Waals surface area contributed by atoms with Gasteiger partial charge in [-0.3, -0.25) is 10.2 Å². The molecule has 1 amide bonds. The highest BCUT2D eigenvalue weighted by Gasteiger charge is 2.35. The predicted octanol–water partition coefficient (Wildman–Crippen LogP) is 5.75. The van der Waals surface area contributed by atoms with Crippen molar-refractivity contribution in [3.05, 3.63) is 93.5 Å². The van der Waals surface area contributed by atoms with Crippen molar-refractivity contribution in [2.75, 3.05) is 0 Å². The SMILES string of the molecule is Cc1cc(C=C2C(=N)N3N=C(Cc4ccc(Cl)cc4)SC3=NC2=O)c(C)n1-c1ccc(F)cc1. The summed E-state index contributed by atoms with van der Waals surface area (Å²) in [6.07, 6.45) is 2.22. The first-order valence-electron chi connectivity index (χ1n) is 10.5. The number of amidine groups is 2. The van der Waals surface area contributed by atoms with Crippen molar-refractivity contribution < 1.29 is 9.18 Å². The van der Waals surface area contributed by atoms with Gasteiger partial charge in [-0.15, -0.1) is 0 Å². The van der Waals surface area contributed by atoms with Gasteiger partial charge in [0.1, 0.15) is 10.9 Å². The Morgan fingerprint density at radius 3 is 2.53 bits per heavy atom. The lowest BCUT2D eigenvalue weighted by atomic mass is 10.1. The van der Waals surface area contributed by atoms with E-state index in [-0.39, 0.29) is 17.2 Å². The minimum atomic E-state index is -0.474. The Labute approximate surface area is 205 Å². The Bertz CT molecular complexity index is 1420. The van der Waals surface area contributed by atoms with E-state index in [0.717, 1.165) is 33.2 Å². The van der Waals surface area contributed by atoms with Gasteiger partial charge < -0.3 is 4.57 Å². The lowest BCUT2D eigenvalue weighted by molar-refractivity contribution is -0.114. The molecule has 0 saturated carbocycles. The van der Waals surface area contributed by atoms with Gasteiger partial charge >= 0.3 is 0 Å². The molecule has 0 aliphatic carbocycles. The fourth-order valence-electron chi connectivity index (χ4n) is 3.96. The molecule has 170 valence electrons. The lowest BCUT2D eigenvalue weighted by Gasteiger charge is -2.20. The van der Waals surface area contributed by atoms with Gasteiger partial charge in [0.15, 0.2) is 5.84 Å². The third kappa shape index (κ3) is 4.10. The molecule has 0 unspecified atom stereocenters. The molecule has 34 heavy (non-hydrogen) atoms. The maximum atomic E-state index is 13.4. The van der Waals surface area contributed by atoms with Gasteiger partial charge in [-0.2, -0.15) is 15.1 Å². The van der Waals surface area contributed by atoms with E-state index in [1.807, 2.05) is 48.7 Å². The van der Waals surface area contributed by atoms with Crippen LogP contribution in [-0.4, -0.2) is 31.5 Å². The number of carbonyl (C=O) groups excluding carboxylic acids is 1. The molecule has 0 bridgehead atoms. The van der Waals surface area contributed by atoms with Crippen LogP contribution in [0.25, 0.3) is 11.8 Å². The number of nitrogens with one attached hydrogen (secondary N) is 1. The molecule has 5 rings (SSSR count). The molecule has 0 spiro atoms. The zero-order chi connectivity index (χ0) is 24.0. The van der Waals surface area contributed by atoms with E-state index in [2.05, 4.69) is 10.1 Å². The number of nitrogens with zero attached hydrogens (tertiary/aromatic N) is 4. The van der Waals surface area contributed by atoms with Gasteiger partial charge in [-0.1, -0.05) is 23.7 Å². The zero-order valence-electron chi connectivity index (χ0n) is 18.3. The Morgan fingerprint density at radius 2 is 1.82 bits per heavy atom. The van der Waals surface area contributed by atoms with Crippen molar-refractivity contribution in [1.82, 2.24) is 9.58 Å². The summed E-state index contributed by atoms with van der Waals surface area (Å²) in [5.41, 5.74) is 4.59. The number of amides is 1. The topological polar surface area (TPSA) is 73.8 Å². The summed E-state index contributed by atoms with van der Waals surface area (Å²) in [4.78, 5) is 17.0. The molecule has 0 radical (unpaired) electrons. The van der Waals surface area contributed by atoms with Crippen LogP contribution < -0.4 is 0 Å². The van der Waals surface area contributed by atoms with Gasteiger partial charge in [0.2, 0.25) is 5.17 Å². The largest absolute Gasteiger partial charge is 0.318 e. The fourth-order valence-corrected chi connectivity index (χ4v) is 5.00. The van der Waals surface area contributed by atoms with E-state index in [4.69, 9.17) is 17.0 Å². The quantitative estimate of drug-likeness (QED) is 0.472. The lowest BCUT2D eigenvalue weighted by Crippen LogP contribution is -2.35. The number of hydrogen-bond acceptors (Lipinski definition) is 4. The first-order chi connectivity index (χ1) is 16.3. The maximum Gasteiger partial charge on any atom is 0.283 e. The highest BCUT2D eigenvalue weighted by Crippen LogP contribution is 2.31. The second-order valence-electron chi connectivity index (χ2n) is 7.96. The molecular weight excluding hydrogens is 473 g/mol. The molecule has 0 fully saturated rings. The Hall–Kier alpha value is -3.49. The van der Waals surface area contributed by atoms with E-state index in [1.165, 1.54) is 28.9 Å². The molecule has 2 aromatic carbocycles. The molecular formula is C25H19ClFN5OS. The summed E-state index contributed by atoms with van der Waals surface area (Å²) in [6, 6.07) is 15.6. The first-order valence-corrected chi connectivity index (χ1v) is 11.7. The smallest absolute Gasteiger partial charge is 0.283 e. The molecule has 3 heterocycles. The van der Waals surface area contributed by atoms with Gasteiger partial charge in [0.25, 0.3) is 5.91 Å². The monoisotopic (exact) mass is 491 g/mol. The number of aromatic nitrogens is 1. The number of halogens is 2. The van der Waals surface area contributed by atoms with Crippen LogP contribution in [0, 0.1) is 25.1 Å². The van der Waals surface area contributed by atoms with Crippen LogP contribution in [0.2, 0.25) is 5.02 Å². The van der Waals surface area contributed by atoms with Crippen LogP contribution in [0.5, 0.6) is 0 Å². The van der Waals surface area contributed by atoms with E-state index < -0.39 is 5.91 Å². The molecule has 0 saturated heterocycles. The van der Waals surface area contributed by atoms with E-state index in [0.29, 0.717) is 16.6 Å². The first kappa shape index (κ1) is 22.3. The Morgan fingerprint density at radius 1 is 1.12 bits per heavy atom. The number of carbonyl (C=O) groups is 1. The maximum absolute atomic E-state index is 13.4. The summed E-state index contributed by atoms with van der Waals surface area (Å²) < 4.78 is 15.3. The van der Waals surface area contributed by atoms with Crippen molar-refractivity contribution in [1.29, 1.82) is 5.41 Å². The van der Waals surface area contributed by atoms with Crippen LogP contribution in [0.4, 0.5) is 4.39 Å². The van der Waals surface area contributed by atoms with Crippen molar-refractivity contribution in [2.24, 2.45) is 10.1 Å². The second kappa shape index (κ2) is 8.70. The number of benzene rings is 2. The number of hydrazone groups is 1. The van der Waals surface area contributed by atoms with E-state index in [9.17, 15) is 9.18 Å². The predicted molar refractivity (Wildman–Crippen MR) is 135 cm³/mol. The molecule has 9 heteroatoms. The van der Waals surface area contributed by atoms with Gasteiger partial charge in [-0.05, 0) is 85.3 Å². The van der Waals surface area contributed by atoms with Gasteiger partial charge in [0.05, 0.1) is 5.57 Å². The fraction of sp³-hybridized carbons (Fsp3) is 0.120. The second-order valence-corrected chi connectivity index (χ2v) is 9.43. The molecule has 3 aromatic rings. The highest BCUT2D eigenvalue weighted by atomic mass is 35.5. The van der Waals surface area contributed by atoms with Crippen molar-refractivity contribution >= 4 is 51.4 Å². The summed E-state index contributed by atoms with van der Waals surface area (Å²) >= 11 is 7.24. The van der Waals surface area contributed by atoms with Crippen molar-refractivity contribution in [2.45, 2.75) is 20.3 Å². The number of aliphatic imine (C=N–C) groups is 1. The van der Waals surface area contributed by atoms with Crippen LogP contribution >= 0.6 is 23.4 Å². The summed E-state index contributed by atoms with van der Waals surface area (Å²) in [5.74, 6) is -0.790. The summed E-state index contributed by atoms with van der Waals surface area (Å²) in [6.45, 7) is 3.86. The molecule has 1 N–H and O–H groups in total. The molecule has 2 aliphatic heterocycles. The number of thioether (sulfide) groups is 1. The molecule has 2 aliphatic rings. The number of hydrogen-bond donors (Lipinski definition) is 1. The zero-order valence-corrected chi connectivity index (χ0v) is 19.9. The van der Waals surface area contributed by atoms with Gasteiger partial charge in [-0.25, -0.2) is 4.39 Å². The number of rotatable bonds is 4. The van der Waals surface area contributed by atoms with Gasteiger partial charge in [0, 0.05) is 28.5 Å². The summed E-state index contributed by atoms with van der Waals surface area (Å²) in [5, 5.41) is 16.4. The third-order valence-electron chi connectivity index (χ3n) is 5.62. The Kier molecular flexibility index (Phi) is 5.71. The van der Waals surface area contributed by atoms with E-state index in [1.54, 1.807) is 18.2 Å². The van der Waals surface area contributed by atoms with E-state index >= 15 is 0 Å². The minimum Gasteiger partial charge on any atom is -0.318 e. The average molecular weight is 492 g/mol.